The number of thiazole rings is 1. The second kappa shape index (κ2) is 15.0. The number of ether oxygens (including phenoxy) is 1. The predicted molar refractivity (Wildman–Crippen MR) is 165 cm³/mol. The zero-order valence-electron chi connectivity index (χ0n) is 23.5. The van der Waals surface area contributed by atoms with E-state index in [4.69, 9.17) is 9.72 Å². The van der Waals surface area contributed by atoms with Crippen LogP contribution in [0, 0.1) is 0 Å². The monoisotopic (exact) mass is 609 g/mol. The Labute approximate surface area is 248 Å². The Morgan fingerprint density at radius 1 is 1.02 bits per heavy atom. The molecular weight excluding hydrogens is 570 g/mol. The molecule has 12 heteroatoms. The van der Waals surface area contributed by atoms with E-state index < -0.39 is 10.0 Å². The van der Waals surface area contributed by atoms with E-state index in [1.54, 1.807) is 23.5 Å². The normalized spacial score (nSPS) is 14.3. The number of nitrogens with one attached hydrogen (secondary N) is 1. The molecule has 1 fully saturated rings. The Morgan fingerprint density at radius 2 is 1.70 bits per heavy atom. The minimum atomic E-state index is -3.56. The summed E-state index contributed by atoms with van der Waals surface area (Å²) in [5.74, 6) is 0.634. The molecule has 0 saturated carbocycles. The molecule has 1 N–H and O–H groups in total. The van der Waals surface area contributed by atoms with Gasteiger partial charge in [0.1, 0.15) is 11.3 Å². The zero-order chi connectivity index (χ0) is 27.8. The van der Waals surface area contributed by atoms with E-state index in [2.05, 4.69) is 21.2 Å². The highest BCUT2D eigenvalue weighted by molar-refractivity contribution is 7.89. The summed E-state index contributed by atoms with van der Waals surface area (Å²) in [6.45, 7) is 12.3. The van der Waals surface area contributed by atoms with E-state index >= 15 is 0 Å². The van der Waals surface area contributed by atoms with Gasteiger partial charge < -0.3 is 15.0 Å². The van der Waals surface area contributed by atoms with Crippen molar-refractivity contribution in [2.24, 2.45) is 0 Å². The first kappa shape index (κ1) is 32.1. The van der Waals surface area contributed by atoms with Crippen LogP contribution in [0.25, 0.3) is 10.2 Å². The first-order valence-electron chi connectivity index (χ1n) is 13.7. The van der Waals surface area contributed by atoms with E-state index in [0.29, 0.717) is 31.8 Å². The average molecular weight is 610 g/mol. The number of piperazine rings is 1. The van der Waals surface area contributed by atoms with Crippen molar-refractivity contribution in [3.05, 3.63) is 48.0 Å². The van der Waals surface area contributed by atoms with Crippen LogP contribution in [0.1, 0.15) is 44.0 Å². The number of carbonyl (C=O) groups excluding carboxylic acids is 1. The minimum Gasteiger partial charge on any atom is -0.492 e. The maximum atomic E-state index is 12.9. The van der Waals surface area contributed by atoms with Crippen LogP contribution in [0.15, 0.2) is 47.4 Å². The van der Waals surface area contributed by atoms with Gasteiger partial charge in [0.05, 0.1) is 16.2 Å². The summed E-state index contributed by atoms with van der Waals surface area (Å²) in [4.78, 5) is 22.4. The summed E-state index contributed by atoms with van der Waals surface area (Å²) in [7, 11) is -3.56. The summed E-state index contributed by atoms with van der Waals surface area (Å²) in [5, 5.41) is 3.99. The number of rotatable bonds is 13. The Balaban J connectivity index is 0.00000441. The molecule has 2 heterocycles. The van der Waals surface area contributed by atoms with E-state index in [1.165, 1.54) is 16.4 Å². The maximum Gasteiger partial charge on any atom is 0.251 e. The number of amides is 1. The number of aromatic nitrogens is 1. The van der Waals surface area contributed by atoms with Gasteiger partial charge in [-0.25, -0.2) is 13.4 Å². The lowest BCUT2D eigenvalue weighted by molar-refractivity contribution is 0.0947. The molecule has 40 heavy (non-hydrogen) atoms. The number of halogens is 1. The summed E-state index contributed by atoms with van der Waals surface area (Å²) < 4.78 is 34.3. The fourth-order valence-electron chi connectivity index (χ4n) is 4.69. The van der Waals surface area contributed by atoms with Gasteiger partial charge in [0.25, 0.3) is 5.91 Å². The highest BCUT2D eigenvalue weighted by Gasteiger charge is 2.24. The number of nitrogens with zero attached hydrogens (tertiary/aromatic N) is 4. The van der Waals surface area contributed by atoms with E-state index in [0.717, 1.165) is 66.7 Å². The fraction of sp³-hybridized carbons (Fsp3) is 0.500. The second-order valence-electron chi connectivity index (χ2n) is 9.55. The van der Waals surface area contributed by atoms with Crippen molar-refractivity contribution in [2.75, 3.05) is 63.9 Å². The molecule has 9 nitrogen and oxygen atoms in total. The van der Waals surface area contributed by atoms with Gasteiger partial charge in [0.15, 0.2) is 5.13 Å². The third-order valence-electron chi connectivity index (χ3n) is 6.73. The van der Waals surface area contributed by atoms with Gasteiger partial charge in [-0.3, -0.25) is 9.69 Å². The number of anilines is 1. The van der Waals surface area contributed by atoms with Crippen LogP contribution >= 0.6 is 23.7 Å². The fourth-order valence-corrected chi connectivity index (χ4v) is 7.35. The first-order chi connectivity index (χ1) is 18.9. The van der Waals surface area contributed by atoms with E-state index in [1.807, 2.05) is 32.9 Å². The molecule has 3 aromatic rings. The Hall–Kier alpha value is -2.44. The quantitative estimate of drug-likeness (QED) is 0.305. The molecule has 4 rings (SSSR count). The summed E-state index contributed by atoms with van der Waals surface area (Å²) in [6, 6.07) is 12.3. The molecule has 0 spiro atoms. The first-order valence-corrected chi connectivity index (χ1v) is 16.0. The van der Waals surface area contributed by atoms with Gasteiger partial charge in [-0.2, -0.15) is 4.31 Å². The topological polar surface area (TPSA) is 95.1 Å². The molecule has 1 aromatic heterocycles. The highest BCUT2D eigenvalue weighted by Crippen LogP contribution is 2.34. The van der Waals surface area contributed by atoms with Gasteiger partial charge in [-0.1, -0.05) is 31.3 Å². The number of sulfonamides is 1. The summed E-state index contributed by atoms with van der Waals surface area (Å²) in [6.07, 6.45) is 1.51. The molecule has 0 aliphatic carbocycles. The molecule has 0 atom stereocenters. The lowest BCUT2D eigenvalue weighted by Gasteiger charge is -2.34. The van der Waals surface area contributed by atoms with Gasteiger partial charge in [0, 0.05) is 57.9 Å². The number of benzene rings is 2. The van der Waals surface area contributed by atoms with Crippen molar-refractivity contribution in [2.45, 2.75) is 38.5 Å². The summed E-state index contributed by atoms with van der Waals surface area (Å²) >= 11 is 1.69. The maximum absolute atomic E-state index is 12.9. The van der Waals surface area contributed by atoms with Crippen molar-refractivity contribution < 1.29 is 17.9 Å². The standard InChI is InChI=1S/C28H39N5O4S2.ClH/c1-4-15-33(16-5-2)39(35,36)23-12-10-22(11-13-23)27(34)29-14-17-31-18-20-32(21-19-31)28-30-26-24(37-6-3)8-7-9-25(26)38-28;/h7-13H,4-6,14-21H2,1-3H3,(H,29,34);1H. The minimum absolute atomic E-state index is 0. The van der Waals surface area contributed by atoms with Crippen molar-refractivity contribution in [3.8, 4) is 5.75 Å². The van der Waals surface area contributed by atoms with Crippen LogP contribution in [0.5, 0.6) is 5.75 Å². The molecule has 1 saturated heterocycles. The Kier molecular flexibility index (Phi) is 12.0. The molecule has 2 aromatic carbocycles. The second-order valence-corrected chi connectivity index (χ2v) is 12.5. The third-order valence-corrected chi connectivity index (χ3v) is 9.72. The van der Waals surface area contributed by atoms with E-state index in [-0.39, 0.29) is 23.2 Å². The lowest BCUT2D eigenvalue weighted by Crippen LogP contribution is -2.48. The molecule has 1 amide bonds. The molecule has 220 valence electrons. The Bertz CT molecular complexity index is 1340. The third kappa shape index (κ3) is 7.64. The van der Waals surface area contributed by atoms with Crippen molar-refractivity contribution in [3.63, 3.8) is 0 Å². The van der Waals surface area contributed by atoms with Crippen molar-refractivity contribution >= 4 is 55.0 Å². The van der Waals surface area contributed by atoms with Crippen molar-refractivity contribution in [1.29, 1.82) is 0 Å². The van der Waals surface area contributed by atoms with Gasteiger partial charge in [-0.15, -0.1) is 12.4 Å². The number of hydrogen-bond acceptors (Lipinski definition) is 8. The van der Waals surface area contributed by atoms with Crippen LogP contribution in [0.3, 0.4) is 0 Å². The lowest BCUT2D eigenvalue weighted by atomic mass is 10.2. The predicted octanol–water partition coefficient (Wildman–Crippen LogP) is 4.48. The van der Waals surface area contributed by atoms with Gasteiger partial charge >= 0.3 is 0 Å². The largest absolute Gasteiger partial charge is 0.492 e. The number of hydrogen-bond donors (Lipinski definition) is 1. The molecular formula is C28H40ClN5O4S2. The highest BCUT2D eigenvalue weighted by atomic mass is 35.5. The zero-order valence-corrected chi connectivity index (χ0v) is 25.9. The molecule has 0 radical (unpaired) electrons. The van der Waals surface area contributed by atoms with Crippen LogP contribution in [-0.4, -0.2) is 87.5 Å². The number of carbonyl (C=O) groups is 1. The smallest absolute Gasteiger partial charge is 0.251 e. The molecule has 0 bridgehead atoms. The van der Waals surface area contributed by atoms with Crippen LogP contribution in [-0.2, 0) is 10.0 Å². The SMILES string of the molecule is CCCN(CCC)S(=O)(=O)c1ccc(C(=O)NCCN2CCN(c3nc4c(OCC)cccc4s3)CC2)cc1.Cl. The molecule has 0 unspecified atom stereocenters. The number of para-hydroxylation sites is 1. The van der Waals surface area contributed by atoms with Gasteiger partial charge in [-0.05, 0) is 56.2 Å². The van der Waals surface area contributed by atoms with Crippen LogP contribution in [0.4, 0.5) is 5.13 Å². The van der Waals surface area contributed by atoms with Gasteiger partial charge in [0.2, 0.25) is 10.0 Å². The number of fused-ring (bicyclic) bond motifs is 1. The molecule has 1 aliphatic rings. The van der Waals surface area contributed by atoms with Crippen LogP contribution < -0.4 is 15.0 Å². The summed E-state index contributed by atoms with van der Waals surface area (Å²) in [5.41, 5.74) is 1.38. The Morgan fingerprint density at radius 3 is 2.33 bits per heavy atom. The van der Waals surface area contributed by atoms with Crippen LogP contribution in [0.2, 0.25) is 0 Å². The van der Waals surface area contributed by atoms with Crippen molar-refractivity contribution in [1.82, 2.24) is 19.5 Å². The average Bonchev–Trinajstić information content (AvgIpc) is 3.39. The van der Waals surface area contributed by atoms with E-state index in [9.17, 15) is 13.2 Å². The molecule has 1 aliphatic heterocycles.